The molecule has 1 saturated heterocycles. The van der Waals surface area contributed by atoms with Crippen LogP contribution in [-0.4, -0.2) is 46.0 Å². The van der Waals surface area contributed by atoms with Crippen molar-refractivity contribution >= 4 is 35.0 Å². The molecule has 2 amide bonds. The molecule has 3 rings (SSSR count). The Morgan fingerprint density at radius 3 is 3.00 bits per heavy atom. The Morgan fingerprint density at radius 1 is 1.43 bits per heavy atom. The number of allylic oxidation sites excluding steroid dienone is 1. The number of hydrogen-bond acceptors (Lipinski definition) is 6. The van der Waals surface area contributed by atoms with E-state index in [0.717, 1.165) is 18.7 Å². The summed E-state index contributed by atoms with van der Waals surface area (Å²) in [5.74, 6) is 0.840. The van der Waals surface area contributed by atoms with Gasteiger partial charge in [-0.05, 0) is 24.6 Å². The summed E-state index contributed by atoms with van der Waals surface area (Å²) in [6.07, 6.45) is 3.18. The minimum absolute atomic E-state index is 0.118. The predicted octanol–water partition coefficient (Wildman–Crippen LogP) is 2.47. The predicted molar refractivity (Wildman–Crippen MR) is 108 cm³/mol. The highest BCUT2D eigenvalue weighted by molar-refractivity contribution is 7.99. The summed E-state index contributed by atoms with van der Waals surface area (Å²) >= 11 is 1.30. The zero-order chi connectivity index (χ0) is 19.9. The van der Waals surface area contributed by atoms with Gasteiger partial charge in [0.1, 0.15) is 6.61 Å². The molecule has 0 unspecified atom stereocenters. The maximum absolute atomic E-state index is 12.4. The number of hydrogen-bond donors (Lipinski definition) is 1. The quantitative estimate of drug-likeness (QED) is 0.513. The molecule has 1 N–H and O–H groups in total. The zero-order valence-corrected chi connectivity index (χ0v) is 16.6. The van der Waals surface area contributed by atoms with E-state index in [2.05, 4.69) is 22.1 Å². The molecule has 8 nitrogen and oxygen atoms in total. The monoisotopic (exact) mass is 401 g/mol. The molecule has 148 valence electrons. The number of rotatable bonds is 9. The van der Waals surface area contributed by atoms with Gasteiger partial charge in [-0.25, -0.2) is 0 Å². The molecule has 28 heavy (non-hydrogen) atoms. The number of methoxy groups -OCH3 is 1. The van der Waals surface area contributed by atoms with E-state index < -0.39 is 0 Å². The van der Waals surface area contributed by atoms with Crippen LogP contribution in [0.1, 0.15) is 18.7 Å². The van der Waals surface area contributed by atoms with Gasteiger partial charge in [-0.2, -0.15) is 0 Å². The first kappa shape index (κ1) is 20.1. The van der Waals surface area contributed by atoms with Crippen LogP contribution >= 0.6 is 11.8 Å². The second-order valence-corrected chi connectivity index (χ2v) is 7.21. The molecule has 1 aromatic heterocycles. The summed E-state index contributed by atoms with van der Waals surface area (Å²) in [7, 11) is 1.59. The highest BCUT2D eigenvalue weighted by Gasteiger charge is 2.22. The van der Waals surface area contributed by atoms with Gasteiger partial charge in [0.25, 0.3) is 0 Å². The summed E-state index contributed by atoms with van der Waals surface area (Å²) in [5.41, 5.74) is 1.47. The number of nitrogens with one attached hydrogen (secondary N) is 1. The van der Waals surface area contributed by atoms with E-state index in [4.69, 9.17) is 4.74 Å². The van der Waals surface area contributed by atoms with Gasteiger partial charge in [-0.3, -0.25) is 9.59 Å². The Kier molecular flexibility index (Phi) is 6.83. The third-order valence-electron chi connectivity index (χ3n) is 4.23. The van der Waals surface area contributed by atoms with Crippen molar-refractivity contribution in [2.45, 2.75) is 31.1 Å². The van der Waals surface area contributed by atoms with Crippen LogP contribution in [0.25, 0.3) is 0 Å². The highest BCUT2D eigenvalue weighted by atomic mass is 32.2. The van der Waals surface area contributed by atoms with E-state index in [1.165, 1.54) is 11.8 Å². The maximum Gasteiger partial charge on any atom is 0.234 e. The summed E-state index contributed by atoms with van der Waals surface area (Å²) in [4.78, 5) is 26.0. The van der Waals surface area contributed by atoms with Crippen LogP contribution in [0.2, 0.25) is 0 Å². The van der Waals surface area contributed by atoms with Crippen molar-refractivity contribution < 1.29 is 14.3 Å². The average molecular weight is 401 g/mol. The van der Waals surface area contributed by atoms with Gasteiger partial charge in [0.05, 0.1) is 5.75 Å². The van der Waals surface area contributed by atoms with Crippen molar-refractivity contribution in [2.75, 3.05) is 29.6 Å². The number of aromatic nitrogens is 3. The molecule has 0 bridgehead atoms. The van der Waals surface area contributed by atoms with Crippen LogP contribution in [0.5, 0.6) is 0 Å². The normalized spacial score (nSPS) is 13.8. The number of thioether (sulfide) groups is 1. The second kappa shape index (κ2) is 9.52. The molecule has 0 spiro atoms. The summed E-state index contributed by atoms with van der Waals surface area (Å²) in [6, 6.07) is 7.34. The first-order valence-electron chi connectivity index (χ1n) is 8.97. The summed E-state index contributed by atoms with van der Waals surface area (Å²) in [5, 5.41) is 11.7. The highest BCUT2D eigenvalue weighted by Crippen LogP contribution is 2.24. The number of nitrogens with zero attached hydrogens (tertiary/aromatic N) is 4. The molecule has 1 aliphatic rings. The van der Waals surface area contributed by atoms with Gasteiger partial charge < -0.3 is 19.5 Å². The van der Waals surface area contributed by atoms with Crippen LogP contribution in [-0.2, 0) is 27.5 Å². The van der Waals surface area contributed by atoms with Gasteiger partial charge in [0.2, 0.25) is 11.8 Å². The molecule has 9 heteroatoms. The van der Waals surface area contributed by atoms with Crippen LogP contribution in [0, 0.1) is 0 Å². The van der Waals surface area contributed by atoms with Crippen LogP contribution < -0.4 is 10.2 Å². The topological polar surface area (TPSA) is 89.3 Å². The van der Waals surface area contributed by atoms with E-state index in [9.17, 15) is 9.59 Å². The molecule has 2 heterocycles. The van der Waals surface area contributed by atoms with Gasteiger partial charge in [0.15, 0.2) is 11.0 Å². The van der Waals surface area contributed by atoms with Crippen molar-refractivity contribution in [3.05, 3.63) is 42.7 Å². The number of anilines is 2. The minimum Gasteiger partial charge on any atom is -0.377 e. The third-order valence-corrected chi connectivity index (χ3v) is 5.19. The van der Waals surface area contributed by atoms with Crippen LogP contribution in [0.4, 0.5) is 11.4 Å². The molecule has 2 aromatic rings. The number of carbonyl (C=O) groups is 2. The number of ether oxygens (including phenoxy) is 1. The Hall–Kier alpha value is -2.65. The van der Waals surface area contributed by atoms with E-state index in [1.807, 2.05) is 28.8 Å². The number of amides is 2. The summed E-state index contributed by atoms with van der Waals surface area (Å²) < 4.78 is 6.99. The Labute approximate surface area is 168 Å². The average Bonchev–Trinajstić information content (AvgIpc) is 3.27. The lowest BCUT2D eigenvalue weighted by atomic mass is 10.2. The molecular formula is C19H23N5O3S. The Morgan fingerprint density at radius 2 is 2.29 bits per heavy atom. The van der Waals surface area contributed by atoms with Crippen molar-refractivity contribution in [1.29, 1.82) is 0 Å². The molecule has 0 radical (unpaired) electrons. The summed E-state index contributed by atoms with van der Waals surface area (Å²) in [6.45, 7) is 5.34. The van der Waals surface area contributed by atoms with Crippen LogP contribution in [0.15, 0.2) is 42.1 Å². The van der Waals surface area contributed by atoms with E-state index in [1.54, 1.807) is 18.1 Å². The lowest BCUT2D eigenvalue weighted by Crippen LogP contribution is -2.23. The van der Waals surface area contributed by atoms with Crippen molar-refractivity contribution in [1.82, 2.24) is 14.8 Å². The molecular weight excluding hydrogens is 378 g/mol. The zero-order valence-electron chi connectivity index (χ0n) is 15.8. The van der Waals surface area contributed by atoms with E-state index in [0.29, 0.717) is 36.2 Å². The van der Waals surface area contributed by atoms with Gasteiger partial charge in [-0.1, -0.05) is 23.9 Å². The van der Waals surface area contributed by atoms with Gasteiger partial charge in [0, 0.05) is 38.0 Å². The SMILES string of the molecule is C=CCn1c(COC)nnc1SCC(=O)Nc1cccc(N2CCCC2=O)c1. The van der Waals surface area contributed by atoms with E-state index >= 15 is 0 Å². The molecule has 0 aliphatic carbocycles. The molecule has 1 aliphatic heterocycles. The standard InChI is InChI=1S/C19H23N5O3S/c1-3-9-24-16(12-27-2)21-22-19(24)28-13-17(25)20-14-6-4-7-15(11-14)23-10-5-8-18(23)26/h3-4,6-7,11H,1,5,8-10,12-13H2,2H3,(H,20,25). The van der Waals surface area contributed by atoms with Gasteiger partial charge >= 0.3 is 0 Å². The first-order valence-corrected chi connectivity index (χ1v) is 9.96. The van der Waals surface area contributed by atoms with Gasteiger partial charge in [-0.15, -0.1) is 16.8 Å². The lowest BCUT2D eigenvalue weighted by Gasteiger charge is -2.16. The Bertz CT molecular complexity index is 867. The number of benzene rings is 1. The minimum atomic E-state index is -0.156. The second-order valence-electron chi connectivity index (χ2n) is 6.27. The van der Waals surface area contributed by atoms with Crippen molar-refractivity contribution in [3.8, 4) is 0 Å². The number of carbonyl (C=O) groups excluding carboxylic acids is 2. The smallest absolute Gasteiger partial charge is 0.234 e. The van der Waals surface area contributed by atoms with E-state index in [-0.39, 0.29) is 17.6 Å². The fourth-order valence-corrected chi connectivity index (χ4v) is 3.74. The third kappa shape index (κ3) is 4.79. The Balaban J connectivity index is 1.61. The molecule has 1 fully saturated rings. The van der Waals surface area contributed by atoms with Crippen molar-refractivity contribution in [2.24, 2.45) is 0 Å². The fourth-order valence-electron chi connectivity index (χ4n) is 2.97. The van der Waals surface area contributed by atoms with Crippen LogP contribution in [0.3, 0.4) is 0 Å². The fraction of sp³-hybridized carbons (Fsp3) is 0.368. The largest absolute Gasteiger partial charge is 0.377 e. The lowest BCUT2D eigenvalue weighted by molar-refractivity contribution is -0.117. The molecule has 0 saturated carbocycles. The molecule has 1 aromatic carbocycles. The first-order chi connectivity index (χ1) is 13.6. The maximum atomic E-state index is 12.4. The van der Waals surface area contributed by atoms with Crippen molar-refractivity contribution in [3.63, 3.8) is 0 Å². The molecule has 0 atom stereocenters.